The highest BCUT2D eigenvalue weighted by atomic mass is 16.4. The first-order chi connectivity index (χ1) is 9.18. The molecule has 1 aliphatic heterocycles. The van der Waals surface area contributed by atoms with Gasteiger partial charge in [0, 0.05) is 25.9 Å². The molecule has 0 radical (unpaired) electrons. The fourth-order valence-electron chi connectivity index (χ4n) is 2.35. The van der Waals surface area contributed by atoms with Gasteiger partial charge in [0.15, 0.2) is 0 Å². The molecule has 5 heteroatoms. The van der Waals surface area contributed by atoms with Crippen LogP contribution in [0.2, 0.25) is 0 Å². The molecule has 5 nitrogen and oxygen atoms in total. The molecule has 0 aromatic carbocycles. The molecule has 0 bridgehead atoms. The molecule has 0 saturated carbocycles. The number of nitrogens with one attached hydrogen (secondary N) is 1. The number of nitrogens with zero attached hydrogens (tertiary/aromatic N) is 1. The van der Waals surface area contributed by atoms with E-state index in [0.29, 0.717) is 19.4 Å². The average molecular weight is 270 g/mol. The number of hydrogen-bond donors (Lipinski definition) is 2. The molecule has 1 saturated heterocycles. The second-order valence-corrected chi connectivity index (χ2v) is 5.21. The summed E-state index contributed by atoms with van der Waals surface area (Å²) in [4.78, 5) is 24.3. The standard InChI is InChI=1S/C14H26N2O3/c17-13(15-9-6-7-14(18)19)8-12-16-10-4-2-1-3-5-11-16/h1-12H2,(H,15,17)(H,18,19). The van der Waals surface area contributed by atoms with Crippen LogP contribution in [0.1, 0.15) is 51.4 Å². The highest BCUT2D eigenvalue weighted by Gasteiger charge is 2.10. The second kappa shape index (κ2) is 9.78. The average Bonchev–Trinajstić information content (AvgIpc) is 2.33. The van der Waals surface area contributed by atoms with E-state index in [4.69, 9.17) is 5.11 Å². The van der Waals surface area contributed by atoms with Crippen LogP contribution in [-0.2, 0) is 9.59 Å². The van der Waals surface area contributed by atoms with Crippen molar-refractivity contribution in [3.8, 4) is 0 Å². The number of carboxylic acids is 1. The van der Waals surface area contributed by atoms with Crippen molar-refractivity contribution >= 4 is 11.9 Å². The van der Waals surface area contributed by atoms with Gasteiger partial charge in [-0.05, 0) is 32.4 Å². The van der Waals surface area contributed by atoms with E-state index in [-0.39, 0.29) is 12.3 Å². The van der Waals surface area contributed by atoms with Crippen LogP contribution in [0.4, 0.5) is 0 Å². The first-order valence-corrected chi connectivity index (χ1v) is 7.39. The predicted molar refractivity (Wildman–Crippen MR) is 74.0 cm³/mol. The van der Waals surface area contributed by atoms with Crippen LogP contribution in [0.15, 0.2) is 0 Å². The normalized spacial score (nSPS) is 17.5. The lowest BCUT2D eigenvalue weighted by Gasteiger charge is -2.24. The van der Waals surface area contributed by atoms with E-state index in [9.17, 15) is 9.59 Å². The highest BCUT2D eigenvalue weighted by Crippen LogP contribution is 2.10. The SMILES string of the molecule is O=C(O)CCCNC(=O)CCN1CCCCCCC1. The number of rotatable bonds is 7. The van der Waals surface area contributed by atoms with Crippen LogP contribution in [0.5, 0.6) is 0 Å². The fourth-order valence-corrected chi connectivity index (χ4v) is 2.35. The third kappa shape index (κ3) is 8.59. The van der Waals surface area contributed by atoms with Gasteiger partial charge in [-0.3, -0.25) is 9.59 Å². The second-order valence-electron chi connectivity index (χ2n) is 5.21. The summed E-state index contributed by atoms with van der Waals surface area (Å²) in [6.07, 6.45) is 7.57. The summed E-state index contributed by atoms with van der Waals surface area (Å²) in [7, 11) is 0. The number of amides is 1. The Morgan fingerprint density at radius 2 is 1.63 bits per heavy atom. The monoisotopic (exact) mass is 270 g/mol. The maximum atomic E-state index is 11.6. The van der Waals surface area contributed by atoms with E-state index in [2.05, 4.69) is 10.2 Å². The van der Waals surface area contributed by atoms with Crippen molar-refractivity contribution < 1.29 is 14.7 Å². The minimum absolute atomic E-state index is 0.0347. The largest absolute Gasteiger partial charge is 0.481 e. The van der Waals surface area contributed by atoms with Crippen LogP contribution >= 0.6 is 0 Å². The van der Waals surface area contributed by atoms with Crippen molar-refractivity contribution in [2.24, 2.45) is 0 Å². The van der Waals surface area contributed by atoms with Crippen LogP contribution in [-0.4, -0.2) is 48.1 Å². The molecule has 0 unspecified atom stereocenters. The number of likely N-dealkylation sites (tertiary alicyclic amines) is 1. The molecular weight excluding hydrogens is 244 g/mol. The number of carbonyl (C=O) groups is 2. The lowest BCUT2D eigenvalue weighted by molar-refractivity contribution is -0.137. The van der Waals surface area contributed by atoms with Crippen molar-refractivity contribution in [3.63, 3.8) is 0 Å². The van der Waals surface area contributed by atoms with Gasteiger partial charge in [0.2, 0.25) is 5.91 Å². The van der Waals surface area contributed by atoms with Gasteiger partial charge in [-0.2, -0.15) is 0 Å². The smallest absolute Gasteiger partial charge is 0.303 e. The molecule has 0 aliphatic carbocycles. The summed E-state index contributed by atoms with van der Waals surface area (Å²) in [6.45, 7) is 3.49. The summed E-state index contributed by atoms with van der Waals surface area (Å²) in [6, 6.07) is 0. The van der Waals surface area contributed by atoms with E-state index in [0.717, 1.165) is 19.6 Å². The topological polar surface area (TPSA) is 69.6 Å². The predicted octanol–water partition coefficient (Wildman–Crippen LogP) is 1.62. The van der Waals surface area contributed by atoms with E-state index in [1.54, 1.807) is 0 Å². The van der Waals surface area contributed by atoms with Gasteiger partial charge in [0.1, 0.15) is 0 Å². The van der Waals surface area contributed by atoms with Gasteiger partial charge in [-0.25, -0.2) is 0 Å². The third-order valence-corrected chi connectivity index (χ3v) is 3.49. The van der Waals surface area contributed by atoms with E-state index in [1.807, 2.05) is 0 Å². The van der Waals surface area contributed by atoms with Gasteiger partial charge in [0.25, 0.3) is 0 Å². The van der Waals surface area contributed by atoms with Gasteiger partial charge >= 0.3 is 5.97 Å². The first kappa shape index (κ1) is 16.0. The Morgan fingerprint density at radius 3 is 2.26 bits per heavy atom. The Bertz CT molecular complexity index is 274. The van der Waals surface area contributed by atoms with Crippen LogP contribution < -0.4 is 5.32 Å². The summed E-state index contributed by atoms with van der Waals surface area (Å²) in [5.41, 5.74) is 0. The molecule has 2 N–H and O–H groups in total. The molecule has 19 heavy (non-hydrogen) atoms. The Hall–Kier alpha value is -1.10. The fraction of sp³-hybridized carbons (Fsp3) is 0.857. The summed E-state index contributed by atoms with van der Waals surface area (Å²) in [5.74, 6) is -0.776. The Balaban J connectivity index is 2.06. The van der Waals surface area contributed by atoms with Crippen LogP contribution in [0.25, 0.3) is 0 Å². The van der Waals surface area contributed by atoms with Crippen LogP contribution in [0.3, 0.4) is 0 Å². The molecule has 0 aromatic rings. The van der Waals surface area contributed by atoms with E-state index in [1.165, 1.54) is 32.1 Å². The molecule has 1 aliphatic rings. The van der Waals surface area contributed by atoms with Crippen molar-refractivity contribution in [1.82, 2.24) is 10.2 Å². The quantitative estimate of drug-likeness (QED) is 0.690. The Labute approximate surface area is 115 Å². The molecule has 1 heterocycles. The van der Waals surface area contributed by atoms with Gasteiger partial charge in [-0.15, -0.1) is 0 Å². The summed E-state index contributed by atoms with van der Waals surface area (Å²) >= 11 is 0. The van der Waals surface area contributed by atoms with E-state index >= 15 is 0 Å². The summed E-state index contributed by atoms with van der Waals surface area (Å²) in [5, 5.41) is 11.3. The summed E-state index contributed by atoms with van der Waals surface area (Å²) < 4.78 is 0. The van der Waals surface area contributed by atoms with Gasteiger partial charge < -0.3 is 15.3 Å². The van der Waals surface area contributed by atoms with Gasteiger partial charge in [0.05, 0.1) is 0 Å². The number of hydrogen-bond acceptors (Lipinski definition) is 3. The van der Waals surface area contributed by atoms with E-state index < -0.39 is 5.97 Å². The molecule has 110 valence electrons. The van der Waals surface area contributed by atoms with Crippen LogP contribution in [0, 0.1) is 0 Å². The number of carboxylic acid groups (broad SMARTS) is 1. The lowest BCUT2D eigenvalue weighted by Crippen LogP contribution is -2.33. The molecular formula is C14H26N2O3. The highest BCUT2D eigenvalue weighted by molar-refractivity contribution is 5.76. The number of carbonyl (C=O) groups excluding carboxylic acids is 1. The van der Waals surface area contributed by atoms with Crippen molar-refractivity contribution in [1.29, 1.82) is 0 Å². The molecule has 0 spiro atoms. The zero-order chi connectivity index (χ0) is 13.9. The third-order valence-electron chi connectivity index (χ3n) is 3.49. The van der Waals surface area contributed by atoms with Crippen molar-refractivity contribution in [2.75, 3.05) is 26.2 Å². The molecule has 1 fully saturated rings. The molecule has 1 rings (SSSR count). The lowest BCUT2D eigenvalue weighted by atomic mass is 10.1. The Kier molecular flexibility index (Phi) is 8.21. The number of aliphatic carboxylic acids is 1. The molecule has 0 aromatic heterocycles. The Morgan fingerprint density at radius 1 is 1.00 bits per heavy atom. The first-order valence-electron chi connectivity index (χ1n) is 7.39. The maximum Gasteiger partial charge on any atom is 0.303 e. The maximum absolute atomic E-state index is 11.6. The zero-order valence-corrected chi connectivity index (χ0v) is 11.7. The van der Waals surface area contributed by atoms with Gasteiger partial charge in [-0.1, -0.05) is 19.3 Å². The minimum atomic E-state index is -0.810. The van der Waals surface area contributed by atoms with Crippen molar-refractivity contribution in [3.05, 3.63) is 0 Å². The molecule has 1 amide bonds. The zero-order valence-electron chi connectivity index (χ0n) is 11.7. The molecule has 0 atom stereocenters. The minimum Gasteiger partial charge on any atom is -0.481 e. The van der Waals surface area contributed by atoms with Crippen molar-refractivity contribution in [2.45, 2.75) is 51.4 Å².